The number of rotatable bonds is 6. The predicted octanol–water partition coefficient (Wildman–Crippen LogP) is 4.77. The number of hydrogen-bond donors (Lipinski definition) is 2. The molecule has 11 heteroatoms. The standard InChI is InChI=1S/C13H14F3NO2.C12H13F2NO2/c14-13(15,16)10-5-2-1-4-9(10)8-17-7-3-6-11(17)12(18)19;13-9-4-3-8(6-10(9)14)7-15-5-1-2-11(15)12(16)17/h1-2,4-5,11H,3,6-8H2,(H,18,19);3-4,6,11H,1-2,5,7H2,(H,16,17)/t2*11-/m00/s1. The van der Waals surface area contributed by atoms with Crippen LogP contribution in [0.1, 0.15) is 42.4 Å². The molecular formula is C25H27F5N2O4. The summed E-state index contributed by atoms with van der Waals surface area (Å²) >= 11 is 0. The maximum Gasteiger partial charge on any atom is 0.416 e. The first-order chi connectivity index (χ1) is 17.0. The summed E-state index contributed by atoms with van der Waals surface area (Å²) in [7, 11) is 0. The molecule has 2 atom stereocenters. The van der Waals surface area contributed by atoms with Crippen LogP contribution in [0.4, 0.5) is 22.0 Å². The average Bonchev–Trinajstić information content (AvgIpc) is 3.46. The van der Waals surface area contributed by atoms with Crippen LogP contribution in [0.2, 0.25) is 0 Å². The zero-order chi connectivity index (χ0) is 26.5. The molecule has 2 aliphatic heterocycles. The Morgan fingerprint density at radius 3 is 1.92 bits per heavy atom. The Hall–Kier alpha value is -3.05. The van der Waals surface area contributed by atoms with E-state index in [0.29, 0.717) is 44.5 Å². The number of hydrogen-bond acceptors (Lipinski definition) is 4. The van der Waals surface area contributed by atoms with Crippen molar-refractivity contribution in [2.24, 2.45) is 0 Å². The monoisotopic (exact) mass is 514 g/mol. The van der Waals surface area contributed by atoms with Crippen LogP contribution in [0.5, 0.6) is 0 Å². The maximum atomic E-state index is 13.0. The van der Waals surface area contributed by atoms with Gasteiger partial charge in [-0.1, -0.05) is 24.3 Å². The second-order valence-corrected chi connectivity index (χ2v) is 8.84. The lowest BCUT2D eigenvalue weighted by Gasteiger charge is -2.23. The van der Waals surface area contributed by atoms with Gasteiger partial charge in [-0.25, -0.2) is 8.78 Å². The van der Waals surface area contributed by atoms with Crippen molar-refractivity contribution in [2.75, 3.05) is 13.1 Å². The fourth-order valence-electron chi connectivity index (χ4n) is 4.62. The van der Waals surface area contributed by atoms with Gasteiger partial charge in [0.1, 0.15) is 12.1 Å². The van der Waals surface area contributed by atoms with Gasteiger partial charge in [-0.05, 0) is 68.1 Å². The minimum atomic E-state index is -4.41. The van der Waals surface area contributed by atoms with E-state index in [1.807, 2.05) is 0 Å². The summed E-state index contributed by atoms with van der Waals surface area (Å²) < 4.78 is 64.3. The van der Waals surface area contributed by atoms with E-state index in [9.17, 15) is 31.5 Å². The summed E-state index contributed by atoms with van der Waals surface area (Å²) in [5, 5.41) is 18.0. The number of carboxylic acid groups (broad SMARTS) is 2. The van der Waals surface area contributed by atoms with Crippen molar-refractivity contribution in [1.82, 2.24) is 9.80 Å². The van der Waals surface area contributed by atoms with Crippen molar-refractivity contribution in [3.05, 3.63) is 70.8 Å². The molecular weight excluding hydrogens is 487 g/mol. The summed E-state index contributed by atoms with van der Waals surface area (Å²) in [6.45, 7) is 1.56. The molecule has 36 heavy (non-hydrogen) atoms. The molecule has 4 rings (SSSR count). The Morgan fingerprint density at radius 2 is 1.39 bits per heavy atom. The summed E-state index contributed by atoms with van der Waals surface area (Å²) in [5.74, 6) is -3.61. The number of likely N-dealkylation sites (tertiary alicyclic amines) is 2. The van der Waals surface area contributed by atoms with E-state index in [-0.39, 0.29) is 12.1 Å². The third-order valence-electron chi connectivity index (χ3n) is 6.36. The predicted molar refractivity (Wildman–Crippen MR) is 120 cm³/mol. The van der Waals surface area contributed by atoms with E-state index in [4.69, 9.17) is 10.2 Å². The SMILES string of the molecule is O=C(O)[C@@H]1CCCN1Cc1ccc(F)c(F)c1.O=C(O)[C@@H]1CCCN1Cc1ccccc1C(F)(F)F. The highest BCUT2D eigenvalue weighted by Gasteiger charge is 2.36. The molecule has 0 bridgehead atoms. The van der Waals surface area contributed by atoms with Crippen molar-refractivity contribution in [2.45, 2.75) is 57.0 Å². The van der Waals surface area contributed by atoms with Crippen molar-refractivity contribution in [3.8, 4) is 0 Å². The second-order valence-electron chi connectivity index (χ2n) is 8.84. The number of benzene rings is 2. The van der Waals surface area contributed by atoms with Crippen LogP contribution in [-0.4, -0.2) is 57.1 Å². The smallest absolute Gasteiger partial charge is 0.416 e. The Morgan fingerprint density at radius 1 is 0.833 bits per heavy atom. The summed E-state index contributed by atoms with van der Waals surface area (Å²) in [6.07, 6.45) is -1.79. The van der Waals surface area contributed by atoms with E-state index in [1.54, 1.807) is 9.80 Å². The molecule has 0 aliphatic carbocycles. The molecule has 2 aromatic rings. The third kappa shape index (κ3) is 7.01. The minimum Gasteiger partial charge on any atom is -0.480 e. The molecule has 2 fully saturated rings. The topological polar surface area (TPSA) is 81.1 Å². The summed E-state index contributed by atoms with van der Waals surface area (Å²) in [5.41, 5.74) is 0.0336. The molecule has 0 aromatic heterocycles. The molecule has 0 saturated carbocycles. The molecule has 2 heterocycles. The largest absolute Gasteiger partial charge is 0.480 e. The zero-order valence-corrected chi connectivity index (χ0v) is 19.3. The van der Waals surface area contributed by atoms with Gasteiger partial charge in [-0.3, -0.25) is 19.4 Å². The normalized spacial score (nSPS) is 20.7. The molecule has 0 unspecified atom stereocenters. The molecule has 2 N–H and O–H groups in total. The van der Waals surface area contributed by atoms with Crippen LogP contribution in [0.25, 0.3) is 0 Å². The fraction of sp³-hybridized carbons (Fsp3) is 0.440. The van der Waals surface area contributed by atoms with Gasteiger partial charge in [0.2, 0.25) is 0 Å². The van der Waals surface area contributed by atoms with Crippen molar-refractivity contribution in [1.29, 1.82) is 0 Å². The van der Waals surface area contributed by atoms with Crippen LogP contribution in [0, 0.1) is 11.6 Å². The van der Waals surface area contributed by atoms with E-state index in [1.165, 1.54) is 24.3 Å². The summed E-state index contributed by atoms with van der Waals surface area (Å²) in [4.78, 5) is 25.3. The molecule has 2 aromatic carbocycles. The highest BCUT2D eigenvalue weighted by Crippen LogP contribution is 2.33. The molecule has 6 nitrogen and oxygen atoms in total. The third-order valence-corrected chi connectivity index (χ3v) is 6.36. The van der Waals surface area contributed by atoms with Gasteiger partial charge in [0, 0.05) is 13.1 Å². The van der Waals surface area contributed by atoms with Gasteiger partial charge in [-0.15, -0.1) is 0 Å². The van der Waals surface area contributed by atoms with Crippen LogP contribution in [-0.2, 0) is 28.9 Å². The zero-order valence-electron chi connectivity index (χ0n) is 19.3. The van der Waals surface area contributed by atoms with Crippen LogP contribution in [0.15, 0.2) is 42.5 Å². The molecule has 0 amide bonds. The minimum absolute atomic E-state index is 0.0205. The van der Waals surface area contributed by atoms with Crippen molar-refractivity contribution < 1.29 is 41.8 Å². The number of carboxylic acids is 2. The Labute approximate surface area is 204 Å². The second kappa shape index (κ2) is 11.8. The van der Waals surface area contributed by atoms with Crippen molar-refractivity contribution >= 4 is 11.9 Å². The van der Waals surface area contributed by atoms with Crippen molar-refractivity contribution in [3.63, 3.8) is 0 Å². The maximum absolute atomic E-state index is 13.0. The molecule has 196 valence electrons. The first-order valence-corrected chi connectivity index (χ1v) is 11.5. The quantitative estimate of drug-likeness (QED) is 0.541. The number of carbonyl (C=O) groups is 2. The average molecular weight is 514 g/mol. The highest BCUT2D eigenvalue weighted by atomic mass is 19.4. The van der Waals surface area contributed by atoms with Crippen LogP contribution >= 0.6 is 0 Å². The fourth-order valence-corrected chi connectivity index (χ4v) is 4.62. The summed E-state index contributed by atoms with van der Waals surface area (Å²) in [6, 6.07) is 7.78. The number of aliphatic carboxylic acids is 2. The van der Waals surface area contributed by atoms with Crippen LogP contribution < -0.4 is 0 Å². The number of halogens is 5. The Kier molecular flexibility index (Phi) is 9.02. The van der Waals surface area contributed by atoms with E-state index >= 15 is 0 Å². The van der Waals surface area contributed by atoms with Gasteiger partial charge in [0.05, 0.1) is 5.56 Å². The van der Waals surface area contributed by atoms with E-state index in [0.717, 1.165) is 24.6 Å². The van der Waals surface area contributed by atoms with Gasteiger partial charge >= 0.3 is 18.1 Å². The van der Waals surface area contributed by atoms with E-state index in [2.05, 4.69) is 0 Å². The molecule has 2 saturated heterocycles. The molecule has 2 aliphatic rings. The van der Waals surface area contributed by atoms with Gasteiger partial charge in [-0.2, -0.15) is 13.2 Å². The lowest BCUT2D eigenvalue weighted by atomic mass is 10.1. The first kappa shape index (κ1) is 27.5. The van der Waals surface area contributed by atoms with E-state index < -0.39 is 47.4 Å². The van der Waals surface area contributed by atoms with Gasteiger partial charge in [0.25, 0.3) is 0 Å². The lowest BCUT2D eigenvalue weighted by Crippen LogP contribution is -2.35. The highest BCUT2D eigenvalue weighted by molar-refractivity contribution is 5.74. The Bertz CT molecular complexity index is 1080. The van der Waals surface area contributed by atoms with Gasteiger partial charge < -0.3 is 10.2 Å². The number of nitrogens with zero attached hydrogens (tertiary/aromatic N) is 2. The number of alkyl halides is 3. The molecule has 0 radical (unpaired) electrons. The lowest BCUT2D eigenvalue weighted by molar-refractivity contribution is -0.143. The van der Waals surface area contributed by atoms with Crippen LogP contribution in [0.3, 0.4) is 0 Å². The van der Waals surface area contributed by atoms with Gasteiger partial charge in [0.15, 0.2) is 11.6 Å². The first-order valence-electron chi connectivity index (χ1n) is 11.5. The molecule has 0 spiro atoms. The Balaban J connectivity index is 0.000000202.